The highest BCUT2D eigenvalue weighted by atomic mass is 16.6. The molecule has 0 aromatic carbocycles. The maximum atomic E-state index is 12.2. The van der Waals surface area contributed by atoms with Crippen LogP contribution in [0.25, 0.3) is 0 Å². The Morgan fingerprint density at radius 1 is 0.778 bits per heavy atom. The van der Waals surface area contributed by atoms with Gasteiger partial charge in [0, 0.05) is 11.7 Å². The highest BCUT2D eigenvalue weighted by molar-refractivity contribution is 5.83. The second-order valence-corrected chi connectivity index (χ2v) is 11.1. The van der Waals surface area contributed by atoms with E-state index in [2.05, 4.69) is 6.58 Å². The summed E-state index contributed by atoms with van der Waals surface area (Å²) in [5, 5.41) is 0. The Labute approximate surface area is 215 Å². The fraction of sp³-hybridized carbons (Fsp3) is 0.769. The molecule has 2 heterocycles. The van der Waals surface area contributed by atoms with Crippen molar-refractivity contribution in [2.45, 2.75) is 116 Å². The second kappa shape index (κ2) is 13.0. The van der Waals surface area contributed by atoms with Crippen LogP contribution in [0.3, 0.4) is 0 Å². The quantitative estimate of drug-likeness (QED) is 0.383. The SMILES string of the molecule is C=C1CCC[C@@H](C(=O)OC)N1C(=O)OC(C)(C)C.COC(=O)[C@@H]1CCC[C@H](C)N1C(=O)OC(C)(C)C. The van der Waals surface area contributed by atoms with Crippen LogP contribution in [0.4, 0.5) is 9.59 Å². The monoisotopic (exact) mass is 512 g/mol. The van der Waals surface area contributed by atoms with E-state index in [0.717, 1.165) is 19.3 Å². The summed E-state index contributed by atoms with van der Waals surface area (Å²) in [5.74, 6) is -0.797. The first-order valence-corrected chi connectivity index (χ1v) is 12.4. The molecule has 0 bridgehead atoms. The highest BCUT2D eigenvalue weighted by Gasteiger charge is 2.39. The molecule has 2 amide bonds. The standard InChI is InChI=1S/C13H23NO4.C13H21NO4/c2*1-9-7-6-8-10(11(15)17-5)14(9)12(16)18-13(2,3)4/h9-10H,6-8H2,1-5H3;10H,1,6-8H2,2-5H3/t9-,10-;10-/m00/s1. The molecule has 206 valence electrons. The van der Waals surface area contributed by atoms with Crippen LogP contribution in [-0.2, 0) is 28.5 Å². The first kappa shape index (κ1) is 31.3. The molecule has 3 atom stereocenters. The molecule has 0 N–H and O–H groups in total. The number of ether oxygens (including phenoxy) is 4. The van der Waals surface area contributed by atoms with E-state index in [1.54, 1.807) is 20.8 Å². The van der Waals surface area contributed by atoms with Gasteiger partial charge in [-0.25, -0.2) is 19.2 Å². The van der Waals surface area contributed by atoms with Crippen molar-refractivity contribution in [3.05, 3.63) is 12.3 Å². The lowest BCUT2D eigenvalue weighted by Gasteiger charge is -2.39. The average Bonchev–Trinajstić information content (AvgIpc) is 2.75. The zero-order chi connectivity index (χ0) is 27.8. The zero-order valence-electron chi connectivity index (χ0n) is 23.3. The Bertz CT molecular complexity index is 812. The van der Waals surface area contributed by atoms with Gasteiger partial charge in [0.05, 0.1) is 14.2 Å². The summed E-state index contributed by atoms with van der Waals surface area (Å²) in [4.78, 5) is 50.5. The minimum absolute atomic E-state index is 0.00213. The summed E-state index contributed by atoms with van der Waals surface area (Å²) in [6, 6.07) is -1.14. The fourth-order valence-electron chi connectivity index (χ4n) is 4.08. The molecule has 0 spiro atoms. The van der Waals surface area contributed by atoms with Crippen molar-refractivity contribution in [3.8, 4) is 0 Å². The van der Waals surface area contributed by atoms with E-state index >= 15 is 0 Å². The number of nitrogens with zero attached hydrogens (tertiary/aromatic N) is 2. The summed E-state index contributed by atoms with van der Waals surface area (Å²) < 4.78 is 20.1. The molecule has 0 radical (unpaired) electrons. The normalized spacial score (nSPS) is 22.6. The van der Waals surface area contributed by atoms with Crippen LogP contribution in [0.15, 0.2) is 12.3 Å². The lowest BCUT2D eigenvalue weighted by Crippen LogP contribution is -2.54. The summed E-state index contributed by atoms with van der Waals surface area (Å²) in [6.07, 6.45) is 3.53. The van der Waals surface area contributed by atoms with Gasteiger partial charge < -0.3 is 18.9 Å². The van der Waals surface area contributed by atoms with Gasteiger partial charge in [-0.2, -0.15) is 0 Å². The largest absolute Gasteiger partial charge is 0.467 e. The molecule has 10 nitrogen and oxygen atoms in total. The number of likely N-dealkylation sites (tertiary alicyclic amines) is 2. The summed E-state index contributed by atoms with van der Waals surface area (Å²) in [6.45, 7) is 16.5. The van der Waals surface area contributed by atoms with Gasteiger partial charge in [-0.15, -0.1) is 0 Å². The number of carbonyl (C=O) groups is 4. The van der Waals surface area contributed by atoms with E-state index < -0.39 is 41.4 Å². The van der Waals surface area contributed by atoms with Crippen molar-refractivity contribution in [2.75, 3.05) is 14.2 Å². The molecule has 2 aliphatic heterocycles. The van der Waals surface area contributed by atoms with Gasteiger partial charge in [-0.05, 0) is 87.0 Å². The van der Waals surface area contributed by atoms with Crippen molar-refractivity contribution >= 4 is 24.1 Å². The Morgan fingerprint density at radius 3 is 1.75 bits per heavy atom. The molecular weight excluding hydrogens is 468 g/mol. The van der Waals surface area contributed by atoms with E-state index in [4.69, 9.17) is 18.9 Å². The van der Waals surface area contributed by atoms with E-state index in [1.165, 1.54) is 24.0 Å². The minimum atomic E-state index is -0.619. The van der Waals surface area contributed by atoms with Crippen molar-refractivity contribution in [2.24, 2.45) is 0 Å². The van der Waals surface area contributed by atoms with Crippen molar-refractivity contribution < 1.29 is 38.1 Å². The molecule has 10 heteroatoms. The third kappa shape index (κ3) is 9.35. The van der Waals surface area contributed by atoms with E-state index in [1.807, 2.05) is 27.7 Å². The first-order chi connectivity index (χ1) is 16.5. The number of hydrogen-bond donors (Lipinski definition) is 0. The molecule has 2 fully saturated rings. The van der Waals surface area contributed by atoms with Gasteiger partial charge in [0.15, 0.2) is 0 Å². The maximum Gasteiger partial charge on any atom is 0.415 e. The molecule has 2 saturated heterocycles. The molecule has 0 saturated carbocycles. The third-order valence-corrected chi connectivity index (χ3v) is 5.65. The number of piperidine rings is 2. The number of methoxy groups -OCH3 is 2. The summed E-state index contributed by atoms with van der Waals surface area (Å²) >= 11 is 0. The Balaban J connectivity index is 0.000000360. The Kier molecular flexibility index (Phi) is 11.3. The van der Waals surface area contributed by atoms with Crippen molar-refractivity contribution in [1.82, 2.24) is 9.80 Å². The molecule has 2 rings (SSSR count). The number of hydrogen-bond acceptors (Lipinski definition) is 8. The van der Waals surface area contributed by atoms with Crippen LogP contribution in [0, 0.1) is 0 Å². The Morgan fingerprint density at radius 2 is 1.25 bits per heavy atom. The summed E-state index contributed by atoms with van der Waals surface area (Å²) in [5.41, 5.74) is -0.560. The van der Waals surface area contributed by atoms with Crippen LogP contribution in [-0.4, -0.2) is 77.5 Å². The van der Waals surface area contributed by atoms with Crippen LogP contribution >= 0.6 is 0 Å². The second-order valence-electron chi connectivity index (χ2n) is 11.1. The maximum absolute atomic E-state index is 12.2. The predicted octanol–water partition coefficient (Wildman–Crippen LogP) is 4.80. The van der Waals surface area contributed by atoms with Gasteiger partial charge in [-0.3, -0.25) is 9.80 Å². The van der Waals surface area contributed by atoms with Crippen LogP contribution in [0.1, 0.15) is 87.0 Å². The lowest BCUT2D eigenvalue weighted by molar-refractivity contribution is -0.149. The van der Waals surface area contributed by atoms with Gasteiger partial charge >= 0.3 is 24.1 Å². The lowest BCUT2D eigenvalue weighted by atomic mass is 9.97. The minimum Gasteiger partial charge on any atom is -0.467 e. The van der Waals surface area contributed by atoms with Crippen LogP contribution < -0.4 is 0 Å². The number of esters is 2. The molecule has 36 heavy (non-hydrogen) atoms. The zero-order valence-corrected chi connectivity index (χ0v) is 23.3. The number of amides is 2. The molecule has 2 aliphatic rings. The molecule has 0 aromatic rings. The smallest absolute Gasteiger partial charge is 0.415 e. The van der Waals surface area contributed by atoms with Crippen molar-refractivity contribution in [3.63, 3.8) is 0 Å². The topological polar surface area (TPSA) is 112 Å². The molecular formula is C26H44N2O8. The van der Waals surface area contributed by atoms with E-state index in [-0.39, 0.29) is 12.0 Å². The number of rotatable bonds is 2. The van der Waals surface area contributed by atoms with Gasteiger partial charge in [0.25, 0.3) is 0 Å². The van der Waals surface area contributed by atoms with E-state index in [9.17, 15) is 19.2 Å². The summed E-state index contributed by atoms with van der Waals surface area (Å²) in [7, 11) is 2.65. The number of allylic oxidation sites excluding steroid dienone is 1. The average molecular weight is 513 g/mol. The van der Waals surface area contributed by atoms with Gasteiger partial charge in [-0.1, -0.05) is 6.58 Å². The Hall–Kier alpha value is -2.78. The van der Waals surface area contributed by atoms with Gasteiger partial charge in [0.1, 0.15) is 23.3 Å². The molecule has 0 aromatic heterocycles. The number of carbonyl (C=O) groups excluding carboxylic acids is 4. The first-order valence-electron chi connectivity index (χ1n) is 12.4. The van der Waals surface area contributed by atoms with Crippen LogP contribution in [0.5, 0.6) is 0 Å². The fourth-order valence-corrected chi connectivity index (χ4v) is 4.08. The van der Waals surface area contributed by atoms with Crippen LogP contribution in [0.2, 0.25) is 0 Å². The molecule has 0 unspecified atom stereocenters. The van der Waals surface area contributed by atoms with Gasteiger partial charge in [0.2, 0.25) is 0 Å². The van der Waals surface area contributed by atoms with E-state index in [0.29, 0.717) is 25.0 Å². The third-order valence-electron chi connectivity index (χ3n) is 5.65. The van der Waals surface area contributed by atoms with Crippen molar-refractivity contribution in [1.29, 1.82) is 0 Å². The predicted molar refractivity (Wildman–Crippen MR) is 134 cm³/mol. The molecule has 0 aliphatic carbocycles. The highest BCUT2D eigenvalue weighted by Crippen LogP contribution is 2.28.